The first-order valence-electron chi connectivity index (χ1n) is 12.5. The zero-order valence-electron chi connectivity index (χ0n) is 20.2. The summed E-state index contributed by atoms with van der Waals surface area (Å²) in [4.78, 5) is 41.8. The van der Waals surface area contributed by atoms with Crippen molar-refractivity contribution in [3.63, 3.8) is 0 Å². The lowest BCUT2D eigenvalue weighted by Gasteiger charge is -2.30. The number of aryl methyl sites for hydroxylation is 1. The highest BCUT2D eigenvalue weighted by molar-refractivity contribution is 6.04. The number of benzene rings is 1. The van der Waals surface area contributed by atoms with Crippen molar-refractivity contribution in [2.24, 2.45) is 0 Å². The van der Waals surface area contributed by atoms with Crippen molar-refractivity contribution >= 4 is 17.3 Å². The molecule has 0 aliphatic carbocycles. The second-order valence-corrected chi connectivity index (χ2v) is 9.38. The van der Waals surface area contributed by atoms with Gasteiger partial charge in [-0.15, -0.1) is 0 Å². The number of likely N-dealkylation sites (tertiary alicyclic amines) is 1. The molecule has 0 radical (unpaired) electrons. The fourth-order valence-electron chi connectivity index (χ4n) is 5.07. The van der Waals surface area contributed by atoms with E-state index >= 15 is 0 Å². The number of carbonyl (C=O) groups is 1. The number of H-pyrrole nitrogens is 1. The number of aromatic amines is 1. The predicted molar refractivity (Wildman–Crippen MR) is 138 cm³/mol. The second-order valence-electron chi connectivity index (χ2n) is 9.38. The van der Waals surface area contributed by atoms with Gasteiger partial charge in [0.2, 0.25) is 0 Å². The van der Waals surface area contributed by atoms with Crippen molar-refractivity contribution in [1.82, 2.24) is 19.9 Å². The molecule has 1 atom stereocenters. The maximum Gasteiger partial charge on any atom is 0.271 e. The Morgan fingerprint density at radius 2 is 1.91 bits per heavy atom. The van der Waals surface area contributed by atoms with Crippen LogP contribution < -0.4 is 15.8 Å². The Balaban J connectivity index is 1.28. The molecule has 2 saturated heterocycles. The third-order valence-electron chi connectivity index (χ3n) is 7.00. The van der Waals surface area contributed by atoms with Gasteiger partial charge in [-0.3, -0.25) is 14.6 Å². The molecule has 0 saturated carbocycles. The lowest BCUT2D eigenvalue weighted by Crippen LogP contribution is -2.39. The highest BCUT2D eigenvalue weighted by Gasteiger charge is 2.27. The van der Waals surface area contributed by atoms with Crippen LogP contribution >= 0.6 is 0 Å². The van der Waals surface area contributed by atoms with Crippen molar-refractivity contribution in [3.8, 4) is 11.3 Å². The summed E-state index contributed by atoms with van der Waals surface area (Å²) in [6.45, 7) is 6.59. The summed E-state index contributed by atoms with van der Waals surface area (Å²) >= 11 is 0. The molecule has 182 valence electrons. The van der Waals surface area contributed by atoms with Crippen LogP contribution in [0.1, 0.15) is 48.7 Å². The summed E-state index contributed by atoms with van der Waals surface area (Å²) in [6.07, 6.45) is 10.7. The molecule has 2 aromatic heterocycles. The molecule has 2 N–H and O–H groups in total. The number of pyridine rings is 1. The Bertz CT molecular complexity index is 1230. The first-order valence-corrected chi connectivity index (χ1v) is 12.5. The third kappa shape index (κ3) is 5.27. The molecule has 2 fully saturated rings. The summed E-state index contributed by atoms with van der Waals surface area (Å²) in [5, 5.41) is 2.76. The quantitative estimate of drug-likeness (QED) is 0.544. The van der Waals surface area contributed by atoms with Gasteiger partial charge in [-0.05, 0) is 75.5 Å². The van der Waals surface area contributed by atoms with E-state index in [1.807, 2.05) is 31.2 Å². The summed E-state index contributed by atoms with van der Waals surface area (Å²) in [5.41, 5.74) is 3.69. The molecule has 8 heteroatoms. The minimum Gasteiger partial charge on any atom is -0.367 e. The zero-order chi connectivity index (χ0) is 24.2. The number of aromatic nitrogens is 3. The van der Waals surface area contributed by atoms with Crippen LogP contribution in [-0.2, 0) is 6.42 Å². The van der Waals surface area contributed by atoms with Crippen LogP contribution in [-0.4, -0.2) is 58.0 Å². The summed E-state index contributed by atoms with van der Waals surface area (Å²) < 4.78 is 0. The van der Waals surface area contributed by atoms with E-state index in [4.69, 9.17) is 0 Å². The fourth-order valence-corrected chi connectivity index (χ4v) is 5.07. The average Bonchev–Trinajstić information content (AvgIpc) is 3.58. The van der Waals surface area contributed by atoms with E-state index in [1.165, 1.54) is 38.8 Å². The minimum absolute atomic E-state index is 0.186. The van der Waals surface area contributed by atoms with Crippen LogP contribution in [0.25, 0.3) is 11.3 Å². The number of anilines is 2. The normalized spacial score (nSPS) is 18.2. The number of amides is 1. The van der Waals surface area contributed by atoms with Crippen LogP contribution in [0.2, 0.25) is 0 Å². The standard InChI is InChI=1S/C27H32N6O2/c1-2-21-16-28-17-25(30-21)20-14-24(27(35)29-15-20)31-26(34)19-7-9-22(10-8-19)33-13-5-6-23(33)18-32-11-3-4-12-32/h7-10,14-17,23H,2-6,11-13,18H2,1H3,(H,29,35)(H,31,34)/t23-/m0/s1. The molecule has 4 heterocycles. The van der Waals surface area contributed by atoms with E-state index in [0.717, 1.165) is 30.9 Å². The first-order chi connectivity index (χ1) is 17.1. The number of nitrogens with zero attached hydrogens (tertiary/aromatic N) is 4. The van der Waals surface area contributed by atoms with Crippen molar-refractivity contribution in [3.05, 3.63) is 70.5 Å². The summed E-state index contributed by atoms with van der Waals surface area (Å²) in [5.74, 6) is -0.317. The van der Waals surface area contributed by atoms with Crippen LogP contribution in [0, 0.1) is 0 Å². The predicted octanol–water partition coefficient (Wildman–Crippen LogP) is 3.71. The first kappa shape index (κ1) is 23.2. The van der Waals surface area contributed by atoms with Gasteiger partial charge < -0.3 is 20.1 Å². The number of hydrogen-bond acceptors (Lipinski definition) is 6. The van der Waals surface area contributed by atoms with Gasteiger partial charge in [-0.2, -0.15) is 0 Å². The van der Waals surface area contributed by atoms with Crippen molar-refractivity contribution < 1.29 is 4.79 Å². The lowest BCUT2D eigenvalue weighted by molar-refractivity contribution is 0.102. The van der Waals surface area contributed by atoms with Crippen LogP contribution in [0.4, 0.5) is 11.4 Å². The molecule has 2 aliphatic rings. The SMILES string of the molecule is CCc1cncc(-c2c[nH]c(=O)c(NC(=O)c3ccc(N4CCC[C@H]4CN4CCCC4)cc3)c2)n1. The monoisotopic (exact) mass is 472 g/mol. The largest absolute Gasteiger partial charge is 0.367 e. The van der Waals surface area contributed by atoms with Crippen molar-refractivity contribution in [2.75, 3.05) is 36.4 Å². The van der Waals surface area contributed by atoms with Gasteiger partial charge in [0.1, 0.15) is 5.69 Å². The molecule has 35 heavy (non-hydrogen) atoms. The van der Waals surface area contributed by atoms with Gasteiger partial charge in [0.05, 0.1) is 17.6 Å². The molecular formula is C27H32N6O2. The van der Waals surface area contributed by atoms with Crippen LogP contribution in [0.3, 0.4) is 0 Å². The number of rotatable bonds is 7. The van der Waals surface area contributed by atoms with Gasteiger partial charge >= 0.3 is 0 Å². The number of carbonyl (C=O) groups excluding carboxylic acids is 1. The Morgan fingerprint density at radius 1 is 1.11 bits per heavy atom. The molecular weight excluding hydrogens is 440 g/mol. The zero-order valence-corrected chi connectivity index (χ0v) is 20.2. The molecule has 5 rings (SSSR count). The van der Waals surface area contributed by atoms with Crippen LogP contribution in [0.5, 0.6) is 0 Å². The van der Waals surface area contributed by atoms with Gasteiger partial charge in [0, 0.05) is 48.3 Å². The molecule has 8 nitrogen and oxygen atoms in total. The second kappa shape index (κ2) is 10.4. The van der Waals surface area contributed by atoms with E-state index in [1.54, 1.807) is 24.7 Å². The minimum atomic E-state index is -0.361. The number of hydrogen-bond donors (Lipinski definition) is 2. The molecule has 1 aromatic carbocycles. The van der Waals surface area contributed by atoms with E-state index in [9.17, 15) is 9.59 Å². The Kier molecular flexibility index (Phi) is 6.90. The smallest absolute Gasteiger partial charge is 0.271 e. The molecule has 1 amide bonds. The van der Waals surface area contributed by atoms with E-state index < -0.39 is 0 Å². The molecule has 3 aromatic rings. The molecule has 2 aliphatic heterocycles. The Morgan fingerprint density at radius 3 is 2.69 bits per heavy atom. The highest BCUT2D eigenvalue weighted by Crippen LogP contribution is 2.27. The van der Waals surface area contributed by atoms with Crippen molar-refractivity contribution in [1.29, 1.82) is 0 Å². The maximum atomic E-state index is 12.9. The third-order valence-corrected chi connectivity index (χ3v) is 7.00. The van der Waals surface area contributed by atoms with Crippen LogP contribution in [0.15, 0.2) is 53.7 Å². The lowest BCUT2D eigenvalue weighted by atomic mass is 10.1. The van der Waals surface area contributed by atoms with E-state index in [-0.39, 0.29) is 17.2 Å². The topological polar surface area (TPSA) is 94.2 Å². The maximum absolute atomic E-state index is 12.9. The van der Waals surface area contributed by atoms with E-state index in [0.29, 0.717) is 22.9 Å². The van der Waals surface area contributed by atoms with E-state index in [2.05, 4.69) is 30.1 Å². The Labute approximate surface area is 205 Å². The van der Waals surface area contributed by atoms with Gasteiger partial charge in [0.15, 0.2) is 0 Å². The van der Waals surface area contributed by atoms with Gasteiger partial charge in [-0.25, -0.2) is 4.98 Å². The Hall–Kier alpha value is -3.52. The number of nitrogens with one attached hydrogen (secondary N) is 2. The molecule has 0 bridgehead atoms. The van der Waals surface area contributed by atoms with Gasteiger partial charge in [0.25, 0.3) is 11.5 Å². The fraction of sp³-hybridized carbons (Fsp3) is 0.407. The summed E-state index contributed by atoms with van der Waals surface area (Å²) in [6, 6.07) is 9.88. The molecule has 0 unspecified atom stereocenters. The van der Waals surface area contributed by atoms with Gasteiger partial charge in [-0.1, -0.05) is 6.92 Å². The molecule has 0 spiro atoms. The highest BCUT2D eigenvalue weighted by atomic mass is 16.2. The average molecular weight is 473 g/mol. The summed E-state index contributed by atoms with van der Waals surface area (Å²) in [7, 11) is 0. The van der Waals surface area contributed by atoms with Crippen molar-refractivity contribution in [2.45, 2.75) is 45.1 Å².